The number of carbonyl (C=O) groups excluding carboxylic acids is 3. The zero-order valence-electron chi connectivity index (χ0n) is 18.9. The highest BCUT2D eigenvalue weighted by Gasteiger charge is 2.21. The second kappa shape index (κ2) is 11.8. The quantitative estimate of drug-likeness (QED) is 0.448. The average Bonchev–Trinajstić information content (AvgIpc) is 2.82. The lowest BCUT2D eigenvalue weighted by atomic mass is 9.88. The number of ether oxygens (including phenoxy) is 1. The minimum atomic E-state index is -0.486. The van der Waals surface area contributed by atoms with Crippen LogP contribution in [0.1, 0.15) is 66.7 Å². The number of hydrogen-bond donors (Lipinski definition) is 3. The van der Waals surface area contributed by atoms with E-state index in [-0.39, 0.29) is 11.8 Å². The molecule has 0 atom stereocenters. The van der Waals surface area contributed by atoms with Crippen molar-refractivity contribution in [2.45, 2.75) is 46.0 Å². The number of hydrogen-bond acceptors (Lipinski definition) is 4. The molecule has 0 heterocycles. The molecule has 3 rings (SSSR count). The Morgan fingerprint density at radius 3 is 2.30 bits per heavy atom. The molecule has 0 radical (unpaired) electrons. The first-order valence-electron chi connectivity index (χ1n) is 11.3. The fraction of sp³-hybridized carbons (Fsp3) is 0.400. The second-order valence-corrected chi connectivity index (χ2v) is 9.57. The lowest BCUT2D eigenvalue weighted by molar-refractivity contribution is -0.120. The minimum absolute atomic E-state index is 0.0312. The molecule has 2 aromatic rings. The number of anilines is 1. The highest BCUT2D eigenvalue weighted by atomic mass is 79.9. The number of carbonyl (C=O) groups is 3. The maximum absolute atomic E-state index is 12.6. The van der Waals surface area contributed by atoms with Gasteiger partial charge in [-0.3, -0.25) is 25.2 Å². The van der Waals surface area contributed by atoms with Crippen molar-refractivity contribution in [3.63, 3.8) is 0 Å². The molecule has 7 nitrogen and oxygen atoms in total. The molecule has 0 aromatic heterocycles. The zero-order valence-corrected chi connectivity index (χ0v) is 20.5. The van der Waals surface area contributed by atoms with Gasteiger partial charge >= 0.3 is 0 Å². The Morgan fingerprint density at radius 1 is 0.970 bits per heavy atom. The average molecular weight is 516 g/mol. The molecule has 8 heteroatoms. The van der Waals surface area contributed by atoms with E-state index in [9.17, 15) is 14.4 Å². The van der Waals surface area contributed by atoms with Gasteiger partial charge in [-0.05, 0) is 61.2 Å². The first-order valence-corrected chi connectivity index (χ1v) is 12.1. The van der Waals surface area contributed by atoms with Gasteiger partial charge in [0.1, 0.15) is 5.75 Å². The first kappa shape index (κ1) is 24.8. The Kier molecular flexibility index (Phi) is 8.88. The molecule has 0 bridgehead atoms. The van der Waals surface area contributed by atoms with E-state index in [1.54, 1.807) is 42.5 Å². The van der Waals surface area contributed by atoms with Crippen LogP contribution in [0, 0.1) is 11.8 Å². The van der Waals surface area contributed by atoms with Crippen molar-refractivity contribution < 1.29 is 19.1 Å². The van der Waals surface area contributed by atoms with Gasteiger partial charge in [0.2, 0.25) is 5.91 Å². The summed E-state index contributed by atoms with van der Waals surface area (Å²) in [6, 6.07) is 11.7. The van der Waals surface area contributed by atoms with Gasteiger partial charge in [0.25, 0.3) is 11.8 Å². The third kappa shape index (κ3) is 7.32. The summed E-state index contributed by atoms with van der Waals surface area (Å²) in [7, 11) is 0. The molecule has 0 spiro atoms. The van der Waals surface area contributed by atoms with Gasteiger partial charge in [-0.1, -0.05) is 49.0 Å². The second-order valence-electron chi connectivity index (χ2n) is 8.66. The highest BCUT2D eigenvalue weighted by Crippen LogP contribution is 2.25. The van der Waals surface area contributed by atoms with E-state index in [0.717, 1.165) is 30.2 Å². The molecule has 3 N–H and O–H groups in total. The SMILES string of the molecule is CC(C)COc1ccc(Br)cc1C(=O)NNC(=O)c1ccc(NC(=O)C2CCCCC2)cc1. The summed E-state index contributed by atoms with van der Waals surface area (Å²) in [6.07, 6.45) is 5.23. The van der Waals surface area contributed by atoms with Crippen LogP contribution in [0.25, 0.3) is 0 Å². The number of nitrogens with one attached hydrogen (secondary N) is 3. The normalized spacial score (nSPS) is 13.9. The summed E-state index contributed by atoms with van der Waals surface area (Å²) in [5.74, 6) is -0.114. The summed E-state index contributed by atoms with van der Waals surface area (Å²) in [5.41, 5.74) is 6.17. The van der Waals surface area contributed by atoms with Gasteiger partial charge in [0, 0.05) is 21.6 Å². The number of amides is 3. The number of halogens is 1. The largest absolute Gasteiger partial charge is 0.492 e. The third-order valence-corrected chi connectivity index (χ3v) is 5.93. The molecule has 0 aliphatic heterocycles. The van der Waals surface area contributed by atoms with Crippen molar-refractivity contribution >= 4 is 39.3 Å². The topological polar surface area (TPSA) is 96.5 Å². The van der Waals surface area contributed by atoms with Crippen LogP contribution < -0.4 is 20.9 Å². The van der Waals surface area contributed by atoms with E-state index in [0.29, 0.717) is 35.1 Å². The molecule has 1 saturated carbocycles. The van der Waals surface area contributed by atoms with E-state index >= 15 is 0 Å². The monoisotopic (exact) mass is 515 g/mol. The zero-order chi connectivity index (χ0) is 23.8. The smallest absolute Gasteiger partial charge is 0.273 e. The Labute approximate surface area is 202 Å². The molecule has 1 aliphatic rings. The van der Waals surface area contributed by atoms with Crippen LogP contribution in [0.4, 0.5) is 5.69 Å². The van der Waals surface area contributed by atoms with Crippen LogP contribution in [-0.4, -0.2) is 24.3 Å². The number of rotatable bonds is 7. The third-order valence-electron chi connectivity index (χ3n) is 5.44. The van der Waals surface area contributed by atoms with Crippen LogP contribution >= 0.6 is 15.9 Å². The van der Waals surface area contributed by atoms with E-state index in [1.807, 2.05) is 13.8 Å². The predicted molar refractivity (Wildman–Crippen MR) is 131 cm³/mol. The molecule has 1 aliphatic carbocycles. The van der Waals surface area contributed by atoms with Gasteiger partial charge in [0.15, 0.2) is 0 Å². The van der Waals surface area contributed by atoms with Crippen molar-refractivity contribution in [2.75, 3.05) is 11.9 Å². The minimum Gasteiger partial charge on any atom is -0.492 e. The highest BCUT2D eigenvalue weighted by molar-refractivity contribution is 9.10. The van der Waals surface area contributed by atoms with Crippen LogP contribution in [0.2, 0.25) is 0 Å². The molecule has 2 aromatic carbocycles. The molecule has 176 valence electrons. The summed E-state index contributed by atoms with van der Waals surface area (Å²) < 4.78 is 6.45. The molecule has 3 amide bonds. The Balaban J connectivity index is 1.55. The molecule has 0 saturated heterocycles. The Hall–Kier alpha value is -2.87. The fourth-order valence-electron chi connectivity index (χ4n) is 3.63. The van der Waals surface area contributed by atoms with Crippen molar-refractivity contribution in [2.24, 2.45) is 11.8 Å². The van der Waals surface area contributed by atoms with Crippen molar-refractivity contribution in [1.82, 2.24) is 10.9 Å². The molecule has 1 fully saturated rings. The van der Waals surface area contributed by atoms with Crippen LogP contribution in [0.15, 0.2) is 46.9 Å². The lowest BCUT2D eigenvalue weighted by Crippen LogP contribution is -2.41. The van der Waals surface area contributed by atoms with Gasteiger partial charge in [-0.25, -0.2) is 0 Å². The fourth-order valence-corrected chi connectivity index (χ4v) is 3.99. The van der Waals surface area contributed by atoms with Crippen LogP contribution in [0.3, 0.4) is 0 Å². The van der Waals surface area contributed by atoms with Gasteiger partial charge in [0.05, 0.1) is 12.2 Å². The predicted octanol–water partition coefficient (Wildman–Crippen LogP) is 5.08. The number of benzene rings is 2. The first-order chi connectivity index (χ1) is 15.8. The maximum atomic E-state index is 12.6. The van der Waals surface area contributed by atoms with Crippen molar-refractivity contribution in [3.05, 3.63) is 58.1 Å². The van der Waals surface area contributed by atoms with E-state index in [1.165, 1.54) is 6.42 Å². The lowest BCUT2D eigenvalue weighted by Gasteiger charge is -2.20. The molecule has 0 unspecified atom stereocenters. The number of hydrazine groups is 1. The summed E-state index contributed by atoms with van der Waals surface area (Å²) >= 11 is 3.36. The molecular weight excluding hydrogens is 486 g/mol. The van der Waals surface area contributed by atoms with Crippen LogP contribution in [0.5, 0.6) is 5.75 Å². The van der Waals surface area contributed by atoms with E-state index in [4.69, 9.17) is 4.74 Å². The molecule has 33 heavy (non-hydrogen) atoms. The summed E-state index contributed by atoms with van der Waals surface area (Å²) in [5, 5.41) is 2.92. The van der Waals surface area contributed by atoms with Gasteiger partial charge in [-0.15, -0.1) is 0 Å². The van der Waals surface area contributed by atoms with Gasteiger partial charge < -0.3 is 10.1 Å². The van der Waals surface area contributed by atoms with E-state index < -0.39 is 11.8 Å². The molecular formula is C25H30BrN3O4. The van der Waals surface area contributed by atoms with Crippen molar-refractivity contribution in [1.29, 1.82) is 0 Å². The van der Waals surface area contributed by atoms with Gasteiger partial charge in [-0.2, -0.15) is 0 Å². The standard InChI is InChI=1S/C25H30BrN3O4/c1-16(2)15-33-22-13-10-19(26)14-21(22)25(32)29-28-24(31)18-8-11-20(12-9-18)27-23(30)17-6-4-3-5-7-17/h8-14,16-17H,3-7,15H2,1-2H3,(H,27,30)(H,28,31)(H,29,32). The Morgan fingerprint density at radius 2 is 1.64 bits per heavy atom. The van der Waals surface area contributed by atoms with E-state index in [2.05, 4.69) is 32.1 Å². The summed E-state index contributed by atoms with van der Waals surface area (Å²) in [6.45, 7) is 4.51. The Bertz CT molecular complexity index is 986. The maximum Gasteiger partial charge on any atom is 0.273 e. The van der Waals surface area contributed by atoms with Crippen LogP contribution in [-0.2, 0) is 4.79 Å². The summed E-state index contributed by atoms with van der Waals surface area (Å²) in [4.78, 5) is 37.5. The van der Waals surface area contributed by atoms with Crippen molar-refractivity contribution in [3.8, 4) is 5.75 Å².